The van der Waals surface area contributed by atoms with Gasteiger partial charge < -0.3 is 10.1 Å². The molecule has 0 aliphatic heterocycles. The van der Waals surface area contributed by atoms with Crippen LogP contribution in [-0.2, 0) is 9.53 Å². The summed E-state index contributed by atoms with van der Waals surface area (Å²) < 4.78 is 4.86. The van der Waals surface area contributed by atoms with E-state index in [9.17, 15) is 10.1 Å². The molecule has 0 aromatic heterocycles. The second-order valence-corrected chi connectivity index (χ2v) is 4.59. The summed E-state index contributed by atoms with van der Waals surface area (Å²) >= 11 is 0. The number of methoxy groups -OCH3 is 1. The van der Waals surface area contributed by atoms with Crippen LogP contribution in [0, 0.1) is 25.2 Å². The molecule has 19 heavy (non-hydrogen) atoms. The lowest BCUT2D eigenvalue weighted by molar-refractivity contribution is -0.121. The number of amides is 1. The normalized spacial score (nSPS) is 11.7. The topological polar surface area (TPSA) is 62.1 Å². The first-order valence-electron chi connectivity index (χ1n) is 6.31. The van der Waals surface area contributed by atoms with Crippen LogP contribution in [-0.4, -0.2) is 26.2 Å². The van der Waals surface area contributed by atoms with Crippen LogP contribution >= 0.6 is 0 Å². The first-order valence-corrected chi connectivity index (χ1v) is 6.31. The second kappa shape index (κ2) is 7.55. The van der Waals surface area contributed by atoms with Crippen molar-refractivity contribution >= 4 is 5.91 Å². The van der Waals surface area contributed by atoms with Gasteiger partial charge in [0.2, 0.25) is 5.91 Å². The number of ether oxygens (including phenoxy) is 1. The van der Waals surface area contributed by atoms with Crippen molar-refractivity contribution in [3.8, 4) is 6.07 Å². The summed E-state index contributed by atoms with van der Waals surface area (Å²) in [5, 5.41) is 12.0. The molecule has 1 unspecified atom stereocenters. The minimum atomic E-state index is -0.401. The summed E-state index contributed by atoms with van der Waals surface area (Å²) in [6.07, 6.45) is 0.185. The third-order valence-corrected chi connectivity index (χ3v) is 2.98. The molecule has 0 bridgehead atoms. The van der Waals surface area contributed by atoms with Crippen LogP contribution in [0.3, 0.4) is 0 Å². The standard InChI is InChI=1S/C15H20N2O2/c1-11-4-5-12(2)14(8-11)13(10-16)9-15(18)17-6-7-19-3/h4-5,8,13H,6-7,9H2,1-3H3,(H,17,18). The Hall–Kier alpha value is -1.86. The van der Waals surface area contributed by atoms with Crippen LogP contribution in [0.4, 0.5) is 0 Å². The van der Waals surface area contributed by atoms with Gasteiger partial charge in [-0.05, 0) is 25.0 Å². The minimum Gasteiger partial charge on any atom is -0.383 e. The van der Waals surface area contributed by atoms with Gasteiger partial charge in [-0.2, -0.15) is 5.26 Å². The van der Waals surface area contributed by atoms with Crippen molar-refractivity contribution in [2.45, 2.75) is 26.2 Å². The largest absolute Gasteiger partial charge is 0.383 e. The maximum Gasteiger partial charge on any atom is 0.221 e. The minimum absolute atomic E-state index is 0.121. The predicted octanol–water partition coefficient (Wildman–Crippen LogP) is 2.06. The number of hydrogen-bond acceptors (Lipinski definition) is 3. The molecule has 1 N–H and O–H groups in total. The van der Waals surface area contributed by atoms with Gasteiger partial charge in [0.05, 0.1) is 18.6 Å². The molecule has 1 amide bonds. The van der Waals surface area contributed by atoms with Crippen molar-refractivity contribution in [1.29, 1.82) is 5.26 Å². The number of carbonyl (C=O) groups is 1. The summed E-state index contributed by atoms with van der Waals surface area (Å²) in [5.41, 5.74) is 3.08. The molecule has 0 saturated heterocycles. The molecule has 1 aromatic carbocycles. The zero-order valence-corrected chi connectivity index (χ0v) is 11.7. The van der Waals surface area contributed by atoms with Gasteiger partial charge in [-0.25, -0.2) is 0 Å². The van der Waals surface area contributed by atoms with E-state index in [4.69, 9.17) is 4.74 Å². The summed E-state index contributed by atoms with van der Waals surface area (Å²) in [4.78, 5) is 11.7. The summed E-state index contributed by atoms with van der Waals surface area (Å²) in [6.45, 7) is 4.89. The van der Waals surface area contributed by atoms with E-state index >= 15 is 0 Å². The van der Waals surface area contributed by atoms with Crippen molar-refractivity contribution in [3.05, 3.63) is 34.9 Å². The molecular formula is C15H20N2O2. The quantitative estimate of drug-likeness (QED) is 0.796. The van der Waals surface area contributed by atoms with Gasteiger partial charge in [0.1, 0.15) is 0 Å². The molecule has 1 aromatic rings. The Labute approximate surface area is 114 Å². The fraction of sp³-hybridized carbons (Fsp3) is 0.467. The van der Waals surface area contributed by atoms with Crippen LogP contribution < -0.4 is 5.32 Å². The monoisotopic (exact) mass is 260 g/mol. The van der Waals surface area contributed by atoms with Gasteiger partial charge in [0.15, 0.2) is 0 Å². The Morgan fingerprint density at radius 3 is 2.84 bits per heavy atom. The number of carbonyl (C=O) groups excluding carboxylic acids is 1. The maximum absolute atomic E-state index is 11.7. The molecule has 4 heteroatoms. The van der Waals surface area contributed by atoms with Crippen molar-refractivity contribution in [2.75, 3.05) is 20.3 Å². The number of nitriles is 1. The smallest absolute Gasteiger partial charge is 0.221 e. The number of rotatable bonds is 6. The highest BCUT2D eigenvalue weighted by atomic mass is 16.5. The van der Waals surface area contributed by atoms with E-state index in [2.05, 4.69) is 11.4 Å². The molecule has 0 aliphatic rings. The van der Waals surface area contributed by atoms with Crippen LogP contribution in [0.15, 0.2) is 18.2 Å². The van der Waals surface area contributed by atoms with Gasteiger partial charge in [0.25, 0.3) is 0 Å². The molecule has 0 radical (unpaired) electrons. The molecule has 1 atom stereocenters. The Morgan fingerprint density at radius 1 is 1.47 bits per heavy atom. The van der Waals surface area contributed by atoms with E-state index in [1.54, 1.807) is 7.11 Å². The highest BCUT2D eigenvalue weighted by Gasteiger charge is 2.17. The van der Waals surface area contributed by atoms with E-state index in [0.29, 0.717) is 13.2 Å². The average Bonchev–Trinajstić information content (AvgIpc) is 2.39. The maximum atomic E-state index is 11.7. The van der Waals surface area contributed by atoms with E-state index in [0.717, 1.165) is 16.7 Å². The lowest BCUT2D eigenvalue weighted by Gasteiger charge is -2.13. The van der Waals surface area contributed by atoms with Gasteiger partial charge in [-0.3, -0.25) is 4.79 Å². The van der Waals surface area contributed by atoms with Gasteiger partial charge in [-0.1, -0.05) is 23.8 Å². The number of hydrogen-bond donors (Lipinski definition) is 1. The van der Waals surface area contributed by atoms with E-state index in [1.165, 1.54) is 0 Å². The summed E-state index contributed by atoms with van der Waals surface area (Å²) in [5.74, 6) is -0.521. The van der Waals surface area contributed by atoms with Gasteiger partial charge >= 0.3 is 0 Å². The summed E-state index contributed by atoms with van der Waals surface area (Å²) in [7, 11) is 1.58. The predicted molar refractivity (Wildman–Crippen MR) is 73.8 cm³/mol. The summed E-state index contributed by atoms with van der Waals surface area (Å²) in [6, 6.07) is 8.18. The molecule has 102 valence electrons. The molecule has 0 saturated carbocycles. The van der Waals surface area contributed by atoms with Crippen molar-refractivity contribution in [2.24, 2.45) is 0 Å². The number of nitrogens with zero attached hydrogens (tertiary/aromatic N) is 1. The van der Waals surface area contributed by atoms with E-state index < -0.39 is 5.92 Å². The zero-order chi connectivity index (χ0) is 14.3. The van der Waals surface area contributed by atoms with Crippen LogP contribution in [0.1, 0.15) is 29.0 Å². The van der Waals surface area contributed by atoms with Crippen LogP contribution in [0.25, 0.3) is 0 Å². The molecule has 0 aliphatic carbocycles. The second-order valence-electron chi connectivity index (χ2n) is 4.59. The molecule has 0 fully saturated rings. The van der Waals surface area contributed by atoms with Crippen molar-refractivity contribution < 1.29 is 9.53 Å². The molecule has 0 heterocycles. The van der Waals surface area contributed by atoms with Crippen LogP contribution in [0.2, 0.25) is 0 Å². The SMILES string of the molecule is COCCNC(=O)CC(C#N)c1cc(C)ccc1C. The Bertz CT molecular complexity index is 478. The van der Waals surface area contributed by atoms with E-state index in [-0.39, 0.29) is 12.3 Å². The Kier molecular flexibility index (Phi) is 6.04. The molecule has 4 nitrogen and oxygen atoms in total. The first-order chi connectivity index (χ1) is 9.08. The molecule has 1 rings (SSSR count). The van der Waals surface area contributed by atoms with Gasteiger partial charge in [-0.15, -0.1) is 0 Å². The lowest BCUT2D eigenvalue weighted by Crippen LogP contribution is -2.28. The van der Waals surface area contributed by atoms with Crippen LogP contribution in [0.5, 0.6) is 0 Å². The highest BCUT2D eigenvalue weighted by Crippen LogP contribution is 2.23. The Balaban J connectivity index is 2.71. The number of benzene rings is 1. The van der Waals surface area contributed by atoms with Crippen molar-refractivity contribution in [1.82, 2.24) is 5.32 Å². The average molecular weight is 260 g/mol. The Morgan fingerprint density at radius 2 is 2.21 bits per heavy atom. The molecular weight excluding hydrogens is 240 g/mol. The third-order valence-electron chi connectivity index (χ3n) is 2.98. The zero-order valence-electron chi connectivity index (χ0n) is 11.7. The fourth-order valence-electron chi connectivity index (χ4n) is 1.91. The lowest BCUT2D eigenvalue weighted by atomic mass is 9.91. The van der Waals surface area contributed by atoms with Crippen molar-refractivity contribution in [3.63, 3.8) is 0 Å². The fourth-order valence-corrected chi connectivity index (χ4v) is 1.91. The van der Waals surface area contributed by atoms with E-state index in [1.807, 2.05) is 32.0 Å². The highest BCUT2D eigenvalue weighted by molar-refractivity contribution is 5.77. The first kappa shape index (κ1) is 15.2. The molecule has 0 spiro atoms. The van der Waals surface area contributed by atoms with Gasteiger partial charge in [0, 0.05) is 20.1 Å². The number of aryl methyl sites for hydroxylation is 2. The third kappa shape index (κ3) is 4.72. The number of nitrogens with one attached hydrogen (secondary N) is 1.